The van der Waals surface area contributed by atoms with Crippen molar-refractivity contribution < 1.29 is 4.92 Å². The molecule has 7 nitrogen and oxygen atoms in total. The van der Waals surface area contributed by atoms with Gasteiger partial charge in [-0.25, -0.2) is 4.98 Å². The lowest BCUT2D eigenvalue weighted by Gasteiger charge is -2.04. The van der Waals surface area contributed by atoms with Crippen LogP contribution < -0.4 is 0 Å². The second-order valence-corrected chi connectivity index (χ2v) is 7.16. The zero-order valence-corrected chi connectivity index (χ0v) is 15.7. The van der Waals surface area contributed by atoms with E-state index in [4.69, 9.17) is 0 Å². The first-order chi connectivity index (χ1) is 13.6. The Kier molecular flexibility index (Phi) is 4.86. The van der Waals surface area contributed by atoms with Crippen molar-refractivity contribution in [3.63, 3.8) is 0 Å². The largest absolute Gasteiger partial charge is 0.283 e. The Balaban J connectivity index is 1.67. The topological polar surface area (TPSA) is 97.6 Å². The molecule has 28 heavy (non-hydrogen) atoms. The lowest BCUT2D eigenvalue weighted by molar-refractivity contribution is -0.387. The first kappa shape index (κ1) is 17.9. The number of H-pyrrole nitrogens is 1. The average molecular weight is 389 g/mol. The molecule has 0 saturated heterocycles. The molecular weight excluding hydrogens is 374 g/mol. The highest BCUT2D eigenvalue weighted by Gasteiger charge is 2.18. The molecule has 0 spiro atoms. The van der Waals surface area contributed by atoms with E-state index in [0.717, 1.165) is 16.2 Å². The molecule has 1 N–H and O–H groups in total. The number of nitro groups is 1. The molecule has 0 bridgehead atoms. The van der Waals surface area contributed by atoms with Crippen molar-refractivity contribution in [2.24, 2.45) is 0 Å². The highest BCUT2D eigenvalue weighted by atomic mass is 32.2. The van der Waals surface area contributed by atoms with Crippen LogP contribution >= 0.6 is 11.8 Å². The Morgan fingerprint density at radius 2 is 1.86 bits per heavy atom. The van der Waals surface area contributed by atoms with Crippen LogP contribution in [0.1, 0.15) is 5.69 Å². The first-order valence-electron chi connectivity index (χ1n) is 8.47. The van der Waals surface area contributed by atoms with Gasteiger partial charge in [-0.3, -0.25) is 20.2 Å². The van der Waals surface area contributed by atoms with Crippen LogP contribution in [0.4, 0.5) is 5.69 Å². The van der Waals surface area contributed by atoms with Crippen LogP contribution in [-0.2, 0) is 0 Å². The van der Waals surface area contributed by atoms with Gasteiger partial charge in [0.1, 0.15) is 0 Å². The van der Waals surface area contributed by atoms with Gasteiger partial charge in [0.15, 0.2) is 11.6 Å². The van der Waals surface area contributed by atoms with E-state index >= 15 is 0 Å². The maximum absolute atomic E-state index is 11.6. The van der Waals surface area contributed by atoms with Gasteiger partial charge in [0, 0.05) is 34.0 Å². The molecule has 0 amide bonds. The number of hydrogen-bond donors (Lipinski definition) is 1. The number of aromatic amines is 1. The van der Waals surface area contributed by atoms with E-state index in [1.807, 2.05) is 49.4 Å². The highest BCUT2D eigenvalue weighted by Crippen LogP contribution is 2.37. The fourth-order valence-corrected chi connectivity index (χ4v) is 3.64. The Bertz CT molecular complexity index is 1140. The third-order valence-corrected chi connectivity index (χ3v) is 5.11. The van der Waals surface area contributed by atoms with E-state index < -0.39 is 0 Å². The lowest BCUT2D eigenvalue weighted by atomic mass is 10.2. The van der Waals surface area contributed by atoms with E-state index in [-0.39, 0.29) is 10.6 Å². The van der Waals surface area contributed by atoms with E-state index in [2.05, 4.69) is 20.2 Å². The molecule has 2 aromatic heterocycles. The normalized spacial score (nSPS) is 10.8. The van der Waals surface area contributed by atoms with E-state index in [1.165, 1.54) is 17.8 Å². The summed E-state index contributed by atoms with van der Waals surface area (Å²) < 4.78 is 0. The summed E-state index contributed by atoms with van der Waals surface area (Å²) in [5.74, 6) is 0.995. The Labute approximate surface area is 165 Å². The number of hydrogen-bond acceptors (Lipinski definition) is 6. The summed E-state index contributed by atoms with van der Waals surface area (Å²) in [7, 11) is 0. The van der Waals surface area contributed by atoms with E-state index in [1.54, 1.807) is 18.3 Å². The lowest BCUT2D eigenvalue weighted by Crippen LogP contribution is -1.92. The summed E-state index contributed by atoms with van der Waals surface area (Å²) in [6.45, 7) is 1.90. The fourth-order valence-electron chi connectivity index (χ4n) is 2.71. The molecular formula is C20H15N5O2S. The molecule has 0 aliphatic heterocycles. The van der Waals surface area contributed by atoms with Gasteiger partial charge < -0.3 is 0 Å². The van der Waals surface area contributed by atoms with Gasteiger partial charge in [0.2, 0.25) is 0 Å². The van der Waals surface area contributed by atoms with Crippen LogP contribution in [0, 0.1) is 17.0 Å². The molecule has 4 aromatic rings. The molecule has 4 rings (SSSR count). The summed E-state index contributed by atoms with van der Waals surface area (Å²) in [5.41, 5.74) is 2.33. The van der Waals surface area contributed by atoms with Crippen LogP contribution in [0.5, 0.6) is 0 Å². The number of nitrogens with zero attached hydrogens (tertiary/aromatic N) is 4. The molecule has 8 heteroatoms. The third kappa shape index (κ3) is 3.77. The van der Waals surface area contributed by atoms with Crippen LogP contribution in [0.2, 0.25) is 0 Å². The van der Waals surface area contributed by atoms with Gasteiger partial charge in [0.25, 0.3) is 5.69 Å². The molecule has 0 radical (unpaired) electrons. The molecule has 0 aliphatic carbocycles. The molecule has 0 fully saturated rings. The van der Waals surface area contributed by atoms with Crippen molar-refractivity contribution in [3.8, 4) is 22.8 Å². The van der Waals surface area contributed by atoms with E-state index in [9.17, 15) is 10.1 Å². The fraction of sp³-hybridized carbons (Fsp3) is 0.0500. The maximum Gasteiger partial charge on any atom is 0.283 e. The molecule has 2 aromatic carbocycles. The minimum Gasteiger partial charge on any atom is -0.262 e. The van der Waals surface area contributed by atoms with Crippen molar-refractivity contribution in [1.82, 2.24) is 20.2 Å². The Morgan fingerprint density at radius 3 is 2.61 bits per heavy atom. The summed E-state index contributed by atoms with van der Waals surface area (Å²) in [4.78, 5) is 21.4. The SMILES string of the molecule is Cc1cc(-c2nc(-c3ccc(Sc4ccccc4)c([N+](=O)[O-])c3)n[nH]2)ccn1. The number of nitro benzene ring substituents is 1. The van der Waals surface area contributed by atoms with Gasteiger partial charge in [-0.15, -0.1) is 0 Å². The molecule has 0 saturated carbocycles. The number of rotatable bonds is 5. The van der Waals surface area contributed by atoms with E-state index in [0.29, 0.717) is 22.1 Å². The molecule has 0 unspecified atom stereocenters. The summed E-state index contributed by atoms with van der Waals surface area (Å²) in [6.07, 6.45) is 1.70. The van der Waals surface area contributed by atoms with Crippen LogP contribution in [-0.4, -0.2) is 25.1 Å². The highest BCUT2D eigenvalue weighted by molar-refractivity contribution is 7.99. The van der Waals surface area contributed by atoms with Crippen molar-refractivity contribution in [3.05, 3.63) is 82.7 Å². The van der Waals surface area contributed by atoms with Crippen molar-refractivity contribution >= 4 is 17.4 Å². The number of aryl methyl sites for hydroxylation is 1. The number of benzene rings is 2. The molecule has 0 aliphatic rings. The number of aromatic nitrogens is 4. The molecule has 138 valence electrons. The minimum absolute atomic E-state index is 0.0254. The quantitative estimate of drug-likeness (QED) is 0.385. The minimum atomic E-state index is -0.380. The number of nitrogens with one attached hydrogen (secondary N) is 1. The van der Waals surface area contributed by atoms with Gasteiger partial charge in [0.05, 0.1) is 9.82 Å². The standard InChI is InChI=1S/C20H15N5O2S/c1-13-11-15(9-10-21-13)20-22-19(23-24-20)14-7-8-18(17(12-14)25(26)27)28-16-5-3-2-4-6-16/h2-12H,1H3,(H,22,23,24). The van der Waals surface area contributed by atoms with Crippen LogP contribution in [0.15, 0.2) is 76.7 Å². The predicted octanol–water partition coefficient (Wildman–Crippen LogP) is 4.90. The molecule has 0 atom stereocenters. The van der Waals surface area contributed by atoms with Gasteiger partial charge in [-0.05, 0) is 43.3 Å². The Morgan fingerprint density at radius 1 is 1.04 bits per heavy atom. The average Bonchev–Trinajstić information content (AvgIpc) is 3.19. The first-order valence-corrected chi connectivity index (χ1v) is 9.29. The van der Waals surface area contributed by atoms with Crippen molar-refractivity contribution in [2.45, 2.75) is 16.7 Å². The van der Waals surface area contributed by atoms with Crippen molar-refractivity contribution in [2.75, 3.05) is 0 Å². The second-order valence-electron chi connectivity index (χ2n) is 6.05. The number of pyridine rings is 1. The van der Waals surface area contributed by atoms with Gasteiger partial charge in [-0.2, -0.15) is 5.10 Å². The summed E-state index contributed by atoms with van der Waals surface area (Å²) in [5, 5.41) is 18.7. The molecule has 2 heterocycles. The van der Waals surface area contributed by atoms with Crippen molar-refractivity contribution in [1.29, 1.82) is 0 Å². The smallest absolute Gasteiger partial charge is 0.262 e. The van der Waals surface area contributed by atoms with Gasteiger partial charge >= 0.3 is 0 Å². The maximum atomic E-state index is 11.6. The third-order valence-electron chi connectivity index (χ3n) is 4.04. The zero-order chi connectivity index (χ0) is 19.5. The second kappa shape index (κ2) is 7.61. The van der Waals surface area contributed by atoms with Gasteiger partial charge in [-0.1, -0.05) is 30.0 Å². The predicted molar refractivity (Wildman–Crippen MR) is 107 cm³/mol. The Hall–Kier alpha value is -3.52. The summed E-state index contributed by atoms with van der Waals surface area (Å²) >= 11 is 1.35. The van der Waals surface area contributed by atoms with Crippen LogP contribution in [0.25, 0.3) is 22.8 Å². The summed E-state index contributed by atoms with van der Waals surface area (Å²) in [6, 6.07) is 18.3. The van der Waals surface area contributed by atoms with Crippen LogP contribution in [0.3, 0.4) is 0 Å². The zero-order valence-electron chi connectivity index (χ0n) is 14.9. The monoisotopic (exact) mass is 389 g/mol.